The van der Waals surface area contributed by atoms with E-state index in [1.807, 2.05) is 24.1 Å². The van der Waals surface area contributed by atoms with E-state index in [0.29, 0.717) is 6.04 Å². The zero-order chi connectivity index (χ0) is 15.1. The van der Waals surface area contributed by atoms with Crippen LogP contribution in [0, 0.1) is 0 Å². The maximum atomic E-state index is 4.60. The maximum absolute atomic E-state index is 4.60. The fraction of sp³-hybridized carbons (Fsp3) is 0.733. The molecule has 0 aliphatic heterocycles. The smallest absolute Gasteiger partial charge is 0.191 e. The molecule has 0 spiro atoms. The molecular weight excluding hydrogens is 300 g/mol. The average molecular weight is 327 g/mol. The molecule has 2 atom stereocenters. The van der Waals surface area contributed by atoms with E-state index in [0.717, 1.165) is 35.0 Å². The van der Waals surface area contributed by atoms with Gasteiger partial charge < -0.3 is 10.6 Å². The average Bonchev–Trinajstić information content (AvgIpc) is 2.52. The minimum absolute atomic E-state index is 0.542. The summed E-state index contributed by atoms with van der Waals surface area (Å²) in [6.45, 7) is 3.11. The Morgan fingerprint density at radius 3 is 2.76 bits per heavy atom. The normalized spacial score (nSPS) is 22.0. The molecule has 21 heavy (non-hydrogen) atoms. The van der Waals surface area contributed by atoms with Gasteiger partial charge in [-0.2, -0.15) is 11.8 Å². The molecule has 1 aliphatic rings. The van der Waals surface area contributed by atoms with Gasteiger partial charge in [-0.1, -0.05) is 25.1 Å². The Hall–Kier alpha value is -0.620. The van der Waals surface area contributed by atoms with E-state index in [4.69, 9.17) is 0 Å². The molecule has 0 aromatic carbocycles. The zero-order valence-electron chi connectivity index (χ0n) is 13.2. The molecule has 1 aliphatic carbocycles. The predicted molar refractivity (Wildman–Crippen MR) is 95.8 cm³/mol. The highest BCUT2D eigenvalue weighted by molar-refractivity contribution is 7.99. The Labute approximate surface area is 136 Å². The van der Waals surface area contributed by atoms with Crippen molar-refractivity contribution in [1.29, 1.82) is 0 Å². The number of thioether (sulfide) groups is 2. The molecule has 2 unspecified atom stereocenters. The van der Waals surface area contributed by atoms with Crippen molar-refractivity contribution in [2.75, 3.05) is 29.7 Å². The van der Waals surface area contributed by atoms with E-state index in [2.05, 4.69) is 33.8 Å². The Balaban J connectivity index is 2.03. The van der Waals surface area contributed by atoms with Gasteiger partial charge in [0.15, 0.2) is 5.16 Å². The lowest BCUT2D eigenvalue weighted by atomic mass is 9.95. The van der Waals surface area contributed by atoms with Crippen molar-refractivity contribution in [3.63, 3.8) is 0 Å². The molecule has 4 nitrogen and oxygen atoms in total. The van der Waals surface area contributed by atoms with Crippen LogP contribution in [-0.2, 0) is 0 Å². The second-order valence-corrected chi connectivity index (χ2v) is 7.33. The summed E-state index contributed by atoms with van der Waals surface area (Å²) < 4.78 is 0. The third kappa shape index (κ3) is 5.25. The van der Waals surface area contributed by atoms with E-state index in [9.17, 15) is 0 Å². The summed E-state index contributed by atoms with van der Waals surface area (Å²) >= 11 is 3.58. The number of nitrogens with zero attached hydrogens (tertiary/aromatic N) is 2. The van der Waals surface area contributed by atoms with Gasteiger partial charge >= 0.3 is 0 Å². The lowest BCUT2D eigenvalue weighted by molar-refractivity contribution is 0.472. The molecule has 1 fully saturated rings. The van der Waals surface area contributed by atoms with Gasteiger partial charge in [0.05, 0.1) is 0 Å². The lowest BCUT2D eigenvalue weighted by Crippen LogP contribution is -2.29. The van der Waals surface area contributed by atoms with Crippen LogP contribution in [0.15, 0.2) is 11.2 Å². The van der Waals surface area contributed by atoms with Crippen molar-refractivity contribution in [3.05, 3.63) is 6.07 Å². The van der Waals surface area contributed by atoms with Gasteiger partial charge in [-0.3, -0.25) is 0 Å². The highest BCUT2D eigenvalue weighted by atomic mass is 32.2. The first-order valence-electron chi connectivity index (χ1n) is 7.71. The molecule has 2 N–H and O–H groups in total. The summed E-state index contributed by atoms with van der Waals surface area (Å²) in [6.07, 6.45) is 10.5. The van der Waals surface area contributed by atoms with Crippen LogP contribution < -0.4 is 10.6 Å². The van der Waals surface area contributed by atoms with Crippen molar-refractivity contribution in [2.24, 2.45) is 0 Å². The van der Waals surface area contributed by atoms with E-state index >= 15 is 0 Å². The van der Waals surface area contributed by atoms with Crippen molar-refractivity contribution < 1.29 is 0 Å². The zero-order valence-corrected chi connectivity index (χ0v) is 14.8. The summed E-state index contributed by atoms with van der Waals surface area (Å²) in [4.78, 5) is 9.11. The molecule has 0 bridgehead atoms. The monoisotopic (exact) mass is 326 g/mol. The number of hydrogen-bond acceptors (Lipinski definition) is 6. The van der Waals surface area contributed by atoms with Gasteiger partial charge in [-0.15, -0.1) is 0 Å². The number of nitrogens with one attached hydrogen (secondary N) is 2. The van der Waals surface area contributed by atoms with Crippen LogP contribution in [0.25, 0.3) is 0 Å². The van der Waals surface area contributed by atoms with Gasteiger partial charge in [0.25, 0.3) is 0 Å². The summed E-state index contributed by atoms with van der Waals surface area (Å²) in [5.74, 6) is 1.88. The first-order valence-corrected chi connectivity index (χ1v) is 10.2. The fourth-order valence-electron chi connectivity index (χ4n) is 2.63. The Kier molecular flexibility index (Phi) is 6.96. The molecule has 1 aromatic heterocycles. The molecule has 1 heterocycles. The molecule has 0 saturated heterocycles. The van der Waals surface area contributed by atoms with Crippen LogP contribution in [0.4, 0.5) is 11.6 Å². The Morgan fingerprint density at radius 2 is 2.05 bits per heavy atom. The van der Waals surface area contributed by atoms with Gasteiger partial charge in [0.2, 0.25) is 0 Å². The van der Waals surface area contributed by atoms with E-state index in [1.54, 1.807) is 11.8 Å². The van der Waals surface area contributed by atoms with E-state index in [-0.39, 0.29) is 0 Å². The molecule has 2 rings (SSSR count). The predicted octanol–water partition coefficient (Wildman–Crippen LogP) is 4.11. The largest absolute Gasteiger partial charge is 0.370 e. The molecule has 118 valence electrons. The first kappa shape index (κ1) is 16.7. The fourth-order valence-corrected chi connectivity index (χ4v) is 3.84. The van der Waals surface area contributed by atoms with Crippen LogP contribution in [0.3, 0.4) is 0 Å². The van der Waals surface area contributed by atoms with Gasteiger partial charge in [-0.25, -0.2) is 9.97 Å². The van der Waals surface area contributed by atoms with Crippen LogP contribution >= 0.6 is 23.5 Å². The second kappa shape index (κ2) is 8.73. The summed E-state index contributed by atoms with van der Waals surface area (Å²) in [5.41, 5.74) is 0. The Morgan fingerprint density at radius 1 is 1.24 bits per heavy atom. The minimum Gasteiger partial charge on any atom is -0.370 e. The van der Waals surface area contributed by atoms with Crippen molar-refractivity contribution in [3.8, 4) is 0 Å². The highest BCUT2D eigenvalue weighted by Gasteiger charge is 2.21. The van der Waals surface area contributed by atoms with Gasteiger partial charge in [0.1, 0.15) is 11.6 Å². The summed E-state index contributed by atoms with van der Waals surface area (Å²) in [6, 6.07) is 2.58. The molecule has 0 radical (unpaired) electrons. The minimum atomic E-state index is 0.542. The van der Waals surface area contributed by atoms with Crippen LogP contribution in [-0.4, -0.2) is 40.3 Å². The van der Waals surface area contributed by atoms with Crippen molar-refractivity contribution in [1.82, 2.24) is 9.97 Å². The summed E-state index contributed by atoms with van der Waals surface area (Å²) in [7, 11) is 0. The van der Waals surface area contributed by atoms with Gasteiger partial charge in [0, 0.05) is 23.9 Å². The number of hydrogen-bond donors (Lipinski definition) is 2. The third-order valence-electron chi connectivity index (χ3n) is 3.76. The van der Waals surface area contributed by atoms with Crippen LogP contribution in [0.2, 0.25) is 0 Å². The van der Waals surface area contributed by atoms with Crippen molar-refractivity contribution in [2.45, 2.75) is 55.5 Å². The van der Waals surface area contributed by atoms with Gasteiger partial charge in [-0.05, 0) is 38.2 Å². The second-order valence-electron chi connectivity index (χ2n) is 5.42. The first-order chi connectivity index (χ1) is 10.2. The Bertz CT molecular complexity index is 442. The third-order valence-corrected chi connectivity index (χ3v) is 5.40. The molecular formula is C15H26N4S2. The van der Waals surface area contributed by atoms with Crippen LogP contribution in [0.1, 0.15) is 39.0 Å². The number of aromatic nitrogens is 2. The van der Waals surface area contributed by atoms with Crippen LogP contribution in [0.5, 0.6) is 0 Å². The highest BCUT2D eigenvalue weighted by Crippen LogP contribution is 2.29. The van der Waals surface area contributed by atoms with Crippen molar-refractivity contribution >= 4 is 35.2 Å². The number of rotatable bonds is 7. The standard InChI is InChI=1S/C15H26N4S2/c1-4-8-16-13-10-14(19-15(18-13)21-3)17-11-6-5-7-12(9-11)20-2/h10-12H,4-9H2,1-3H3,(H2,16,17,18,19). The van der Waals surface area contributed by atoms with E-state index < -0.39 is 0 Å². The SMILES string of the molecule is CCCNc1cc(NC2CCCC(SC)C2)nc(SC)n1. The number of anilines is 2. The molecule has 0 amide bonds. The maximum Gasteiger partial charge on any atom is 0.191 e. The topological polar surface area (TPSA) is 49.8 Å². The molecule has 6 heteroatoms. The lowest BCUT2D eigenvalue weighted by Gasteiger charge is -2.29. The molecule has 1 saturated carbocycles. The quantitative estimate of drug-likeness (QED) is 0.581. The van der Waals surface area contributed by atoms with E-state index in [1.165, 1.54) is 25.7 Å². The summed E-state index contributed by atoms with van der Waals surface area (Å²) in [5, 5.41) is 8.59. The molecule has 1 aromatic rings.